The number of para-hydroxylation sites is 2. The minimum atomic E-state index is -4.49. The van der Waals surface area contributed by atoms with E-state index < -0.39 is 21.4 Å². The van der Waals surface area contributed by atoms with E-state index in [1.54, 1.807) is 53.4 Å². The largest absolute Gasteiger partial charge is 0.486 e. The van der Waals surface area contributed by atoms with Crippen LogP contribution in [0.15, 0.2) is 54.6 Å². The standard InChI is InChI=1S/C22H24N2O7S/c25-21(23-10-12-29-13-11-23)14-18-15-24(19-8-4-5-9-20(19)31-18)32(27,28)22(26)30-16-17-6-2-1-3-7-17/h1-9,18H,10-16H2. The van der Waals surface area contributed by atoms with Gasteiger partial charge >= 0.3 is 15.3 Å². The molecule has 4 rings (SSSR count). The van der Waals surface area contributed by atoms with Crippen molar-refractivity contribution in [2.75, 3.05) is 37.2 Å². The Kier molecular flexibility index (Phi) is 6.61. The summed E-state index contributed by atoms with van der Waals surface area (Å²) in [5.74, 6) is 0.139. The average molecular weight is 461 g/mol. The molecule has 0 spiro atoms. The van der Waals surface area contributed by atoms with Gasteiger partial charge in [0.25, 0.3) is 0 Å². The van der Waals surface area contributed by atoms with Crippen LogP contribution in [0, 0.1) is 0 Å². The fourth-order valence-electron chi connectivity index (χ4n) is 3.61. The van der Waals surface area contributed by atoms with Crippen molar-refractivity contribution in [1.82, 2.24) is 4.90 Å². The Bertz CT molecular complexity index is 1070. The summed E-state index contributed by atoms with van der Waals surface area (Å²) < 4.78 is 43.4. The van der Waals surface area contributed by atoms with Gasteiger partial charge in [0.15, 0.2) is 0 Å². The highest BCUT2D eigenvalue weighted by Crippen LogP contribution is 2.36. The van der Waals surface area contributed by atoms with E-state index in [4.69, 9.17) is 14.2 Å². The van der Waals surface area contributed by atoms with Crippen molar-refractivity contribution in [3.05, 3.63) is 60.2 Å². The minimum absolute atomic E-state index is 0.0145. The fourth-order valence-corrected chi connectivity index (χ4v) is 4.77. The Morgan fingerprint density at radius 3 is 2.44 bits per heavy atom. The molecule has 0 N–H and O–H groups in total. The summed E-state index contributed by atoms with van der Waals surface area (Å²) in [6, 6.07) is 15.3. The highest BCUT2D eigenvalue weighted by molar-refractivity contribution is 8.06. The van der Waals surface area contributed by atoms with E-state index in [1.807, 2.05) is 6.07 Å². The van der Waals surface area contributed by atoms with Gasteiger partial charge in [-0.15, -0.1) is 0 Å². The zero-order valence-corrected chi connectivity index (χ0v) is 18.2. The molecule has 1 fully saturated rings. The summed E-state index contributed by atoms with van der Waals surface area (Å²) in [6.45, 7) is 1.56. The van der Waals surface area contributed by atoms with Crippen LogP contribution in [-0.2, 0) is 30.9 Å². The van der Waals surface area contributed by atoms with E-state index >= 15 is 0 Å². The molecule has 32 heavy (non-hydrogen) atoms. The number of fused-ring (bicyclic) bond motifs is 1. The zero-order valence-electron chi connectivity index (χ0n) is 17.4. The molecule has 9 nitrogen and oxygen atoms in total. The average Bonchev–Trinajstić information content (AvgIpc) is 2.83. The molecule has 170 valence electrons. The predicted octanol–water partition coefficient (Wildman–Crippen LogP) is 2.17. The minimum Gasteiger partial charge on any atom is -0.486 e. The normalized spacial score (nSPS) is 18.4. The summed E-state index contributed by atoms with van der Waals surface area (Å²) in [7, 11) is -4.49. The number of nitrogens with zero attached hydrogens (tertiary/aromatic N) is 2. The number of amides is 1. The first-order valence-electron chi connectivity index (χ1n) is 10.3. The number of sulfonamides is 1. The Balaban J connectivity index is 1.50. The van der Waals surface area contributed by atoms with Gasteiger partial charge in [0, 0.05) is 13.1 Å². The van der Waals surface area contributed by atoms with Crippen LogP contribution in [0.25, 0.3) is 0 Å². The Morgan fingerprint density at radius 2 is 1.69 bits per heavy atom. The Labute approximate surface area is 186 Å². The van der Waals surface area contributed by atoms with Crippen LogP contribution in [-0.4, -0.2) is 63.5 Å². The molecular formula is C22H24N2O7S. The summed E-state index contributed by atoms with van der Waals surface area (Å²) in [5, 5.41) is -1.35. The number of hydrogen-bond acceptors (Lipinski definition) is 7. The van der Waals surface area contributed by atoms with Gasteiger partial charge in [-0.1, -0.05) is 42.5 Å². The van der Waals surface area contributed by atoms with Gasteiger partial charge in [-0.2, -0.15) is 8.42 Å². The lowest BCUT2D eigenvalue weighted by atomic mass is 10.1. The first-order valence-corrected chi connectivity index (χ1v) is 11.7. The number of morpholine rings is 1. The third kappa shape index (κ3) is 4.86. The number of carbonyl (C=O) groups excluding carboxylic acids is 2. The highest BCUT2D eigenvalue weighted by Gasteiger charge is 2.40. The van der Waals surface area contributed by atoms with Gasteiger partial charge in [-0.3, -0.25) is 9.10 Å². The van der Waals surface area contributed by atoms with Crippen molar-refractivity contribution < 1.29 is 32.2 Å². The quantitative estimate of drug-likeness (QED) is 0.630. The van der Waals surface area contributed by atoms with E-state index in [1.165, 1.54) is 0 Å². The van der Waals surface area contributed by atoms with Crippen molar-refractivity contribution in [2.24, 2.45) is 0 Å². The molecule has 2 aliphatic rings. The van der Waals surface area contributed by atoms with Crippen LogP contribution in [0.1, 0.15) is 12.0 Å². The molecule has 1 unspecified atom stereocenters. The van der Waals surface area contributed by atoms with Crippen molar-refractivity contribution in [2.45, 2.75) is 19.1 Å². The molecule has 2 heterocycles. The maximum Gasteiger partial charge on any atom is 0.445 e. The summed E-state index contributed by atoms with van der Waals surface area (Å²) in [6.07, 6.45) is -0.753. The SMILES string of the molecule is O=C(CC1CN(S(=O)(=O)C(=O)OCc2ccccc2)c2ccccc2O1)N1CCOCC1. The number of rotatable bonds is 5. The monoisotopic (exact) mass is 460 g/mol. The molecule has 2 aromatic carbocycles. The molecular weight excluding hydrogens is 436 g/mol. The highest BCUT2D eigenvalue weighted by atomic mass is 32.2. The lowest BCUT2D eigenvalue weighted by Crippen LogP contribution is -2.49. The summed E-state index contributed by atoms with van der Waals surface area (Å²) in [4.78, 5) is 26.9. The smallest absolute Gasteiger partial charge is 0.445 e. The second kappa shape index (κ2) is 9.58. The van der Waals surface area contributed by atoms with Crippen molar-refractivity contribution in [1.29, 1.82) is 0 Å². The molecule has 1 saturated heterocycles. The second-order valence-corrected chi connectivity index (χ2v) is 9.19. The van der Waals surface area contributed by atoms with Crippen LogP contribution in [0.4, 0.5) is 10.5 Å². The lowest BCUT2D eigenvalue weighted by Gasteiger charge is -2.35. The van der Waals surface area contributed by atoms with Crippen LogP contribution in [0.3, 0.4) is 0 Å². The van der Waals surface area contributed by atoms with Crippen LogP contribution in [0.2, 0.25) is 0 Å². The van der Waals surface area contributed by atoms with E-state index in [0.29, 0.717) is 31.9 Å². The number of carbonyl (C=O) groups is 2. The first kappa shape index (κ1) is 22.1. The third-order valence-corrected chi connectivity index (χ3v) is 6.73. The number of anilines is 1. The van der Waals surface area contributed by atoms with Crippen LogP contribution in [0.5, 0.6) is 5.75 Å². The molecule has 0 aliphatic carbocycles. The molecule has 0 aromatic heterocycles. The zero-order chi connectivity index (χ0) is 22.6. The van der Waals surface area contributed by atoms with Crippen molar-refractivity contribution in [3.63, 3.8) is 0 Å². The molecule has 1 atom stereocenters. The summed E-state index contributed by atoms with van der Waals surface area (Å²) >= 11 is 0. The van der Waals surface area contributed by atoms with Crippen molar-refractivity contribution in [3.8, 4) is 5.75 Å². The van der Waals surface area contributed by atoms with Crippen molar-refractivity contribution >= 4 is 26.9 Å². The van der Waals surface area contributed by atoms with E-state index in [9.17, 15) is 18.0 Å². The molecule has 0 radical (unpaired) electrons. The predicted molar refractivity (Wildman–Crippen MR) is 116 cm³/mol. The topological polar surface area (TPSA) is 102 Å². The van der Waals surface area contributed by atoms with E-state index in [0.717, 1.165) is 4.31 Å². The van der Waals surface area contributed by atoms with Gasteiger partial charge in [-0.25, -0.2) is 4.79 Å². The summed E-state index contributed by atoms with van der Waals surface area (Å²) in [5.41, 5.74) is 0.909. The maximum absolute atomic E-state index is 13.1. The Morgan fingerprint density at radius 1 is 1.00 bits per heavy atom. The van der Waals surface area contributed by atoms with Crippen LogP contribution >= 0.6 is 0 Å². The van der Waals surface area contributed by atoms with Gasteiger partial charge in [-0.05, 0) is 17.7 Å². The number of hydrogen-bond donors (Lipinski definition) is 0. The fraction of sp³-hybridized carbons (Fsp3) is 0.364. The molecule has 1 amide bonds. The molecule has 10 heteroatoms. The first-order chi connectivity index (χ1) is 15.4. The number of ether oxygens (including phenoxy) is 3. The Hall–Kier alpha value is -3.11. The third-order valence-electron chi connectivity index (χ3n) is 5.26. The lowest BCUT2D eigenvalue weighted by molar-refractivity contribution is -0.136. The van der Waals surface area contributed by atoms with Crippen LogP contribution < -0.4 is 9.04 Å². The van der Waals surface area contributed by atoms with Gasteiger partial charge in [0.05, 0.1) is 31.9 Å². The maximum atomic E-state index is 13.1. The molecule has 0 saturated carbocycles. The molecule has 2 aliphatic heterocycles. The van der Waals surface area contributed by atoms with E-state index in [-0.39, 0.29) is 36.9 Å². The van der Waals surface area contributed by atoms with Gasteiger partial charge in [0.1, 0.15) is 18.5 Å². The van der Waals surface area contributed by atoms with E-state index in [2.05, 4.69) is 0 Å². The van der Waals surface area contributed by atoms with Gasteiger partial charge < -0.3 is 19.1 Å². The van der Waals surface area contributed by atoms with Gasteiger partial charge in [0.2, 0.25) is 5.91 Å². The molecule has 0 bridgehead atoms. The number of benzene rings is 2. The molecule has 2 aromatic rings. The second-order valence-electron chi connectivity index (χ2n) is 7.47.